The molecule has 0 atom stereocenters. The first-order valence-electron chi connectivity index (χ1n) is 11.1. The second-order valence-corrected chi connectivity index (χ2v) is 8.41. The summed E-state index contributed by atoms with van der Waals surface area (Å²) in [5.41, 5.74) is 1.68. The third-order valence-electron chi connectivity index (χ3n) is 5.92. The smallest absolute Gasteiger partial charge is 0.288 e. The molecule has 1 aromatic carbocycles. The lowest BCUT2D eigenvalue weighted by molar-refractivity contribution is 0.119. The Labute approximate surface area is 194 Å². The first kappa shape index (κ1) is 22.6. The lowest BCUT2D eigenvalue weighted by atomic mass is 9.97. The second-order valence-electron chi connectivity index (χ2n) is 8.41. The first-order chi connectivity index (χ1) is 16.1. The van der Waals surface area contributed by atoms with Gasteiger partial charge in [0.25, 0.3) is 5.82 Å². The summed E-state index contributed by atoms with van der Waals surface area (Å²) in [5.74, 6) is 3.43. The highest BCUT2D eigenvalue weighted by molar-refractivity contribution is 5.71. The number of nitrogens with zero attached hydrogens (tertiary/aromatic N) is 5. The maximum atomic E-state index is 6.95. The molecule has 2 N–H and O–H groups in total. The Balaban J connectivity index is 1.38. The zero-order valence-electron chi connectivity index (χ0n) is 19.2. The van der Waals surface area contributed by atoms with Gasteiger partial charge in [-0.25, -0.2) is 4.98 Å². The summed E-state index contributed by atoms with van der Waals surface area (Å²) in [6.07, 6.45) is 5.25. The Morgan fingerprint density at radius 2 is 2.00 bits per heavy atom. The SMILES string of the molecule is [C-]#[N+]c1cnc(Nc2cc(-c3ccc(OCC4CCN(C(C)C)CC4)cc3OC)[nH]n2)cn1. The number of piperidine rings is 1. The van der Waals surface area contributed by atoms with Gasteiger partial charge in [0.1, 0.15) is 11.5 Å². The number of likely N-dealkylation sites (tertiary alicyclic amines) is 1. The molecule has 2 aromatic heterocycles. The van der Waals surface area contributed by atoms with Gasteiger partial charge in [-0.15, -0.1) is 4.98 Å². The molecule has 1 saturated heterocycles. The van der Waals surface area contributed by atoms with Crippen molar-refractivity contribution in [1.82, 2.24) is 25.1 Å². The molecule has 0 amide bonds. The number of aromatic amines is 1. The van der Waals surface area contributed by atoms with Crippen molar-refractivity contribution in [2.75, 3.05) is 32.1 Å². The van der Waals surface area contributed by atoms with Crippen LogP contribution in [0, 0.1) is 12.5 Å². The summed E-state index contributed by atoms with van der Waals surface area (Å²) in [7, 11) is 1.65. The van der Waals surface area contributed by atoms with Crippen LogP contribution < -0.4 is 14.8 Å². The fourth-order valence-corrected chi connectivity index (χ4v) is 3.93. The van der Waals surface area contributed by atoms with Gasteiger partial charge >= 0.3 is 0 Å². The third kappa shape index (κ3) is 5.59. The molecule has 4 rings (SSSR count). The van der Waals surface area contributed by atoms with Crippen LogP contribution in [-0.4, -0.2) is 57.9 Å². The van der Waals surface area contributed by atoms with Crippen LogP contribution in [0.15, 0.2) is 36.7 Å². The van der Waals surface area contributed by atoms with Crippen LogP contribution in [-0.2, 0) is 0 Å². The summed E-state index contributed by atoms with van der Waals surface area (Å²) < 4.78 is 11.7. The fraction of sp³-hybridized carbons (Fsp3) is 0.417. The van der Waals surface area contributed by atoms with Crippen molar-refractivity contribution >= 4 is 17.5 Å². The van der Waals surface area contributed by atoms with E-state index in [1.165, 1.54) is 25.2 Å². The molecule has 1 aliphatic rings. The number of ether oxygens (including phenoxy) is 2. The maximum absolute atomic E-state index is 6.95. The van der Waals surface area contributed by atoms with E-state index in [0.29, 0.717) is 29.3 Å². The van der Waals surface area contributed by atoms with E-state index in [-0.39, 0.29) is 5.82 Å². The van der Waals surface area contributed by atoms with Gasteiger partial charge in [0.2, 0.25) is 0 Å². The Kier molecular flexibility index (Phi) is 7.05. The van der Waals surface area contributed by atoms with E-state index in [1.54, 1.807) is 7.11 Å². The average molecular weight is 448 g/mol. The Bertz CT molecular complexity index is 1100. The van der Waals surface area contributed by atoms with Gasteiger partial charge in [-0.1, -0.05) is 6.57 Å². The number of aromatic nitrogens is 4. The van der Waals surface area contributed by atoms with E-state index in [9.17, 15) is 0 Å². The van der Waals surface area contributed by atoms with E-state index in [1.807, 2.05) is 24.3 Å². The molecule has 9 heteroatoms. The number of hydrogen-bond donors (Lipinski definition) is 2. The van der Waals surface area contributed by atoms with Crippen molar-refractivity contribution in [3.63, 3.8) is 0 Å². The molecular weight excluding hydrogens is 418 g/mol. The molecule has 0 aliphatic carbocycles. The standard InChI is InChI=1S/C24H29N7O2/c1-16(2)31-9-7-17(8-10-31)15-33-18-5-6-19(21(11-18)32-4)20-12-22(30-29-20)28-24-14-26-23(25-3)13-27-24/h5-6,11-14,16-17H,7-10,15H2,1-2,4H3,(H2,27,28,29,30). The van der Waals surface area contributed by atoms with Crippen LogP contribution in [0.25, 0.3) is 16.1 Å². The predicted octanol–water partition coefficient (Wildman–Crippen LogP) is 4.67. The molecule has 172 valence electrons. The highest BCUT2D eigenvalue weighted by atomic mass is 16.5. The van der Waals surface area contributed by atoms with E-state index in [2.05, 4.69) is 49.1 Å². The molecule has 0 bridgehead atoms. The summed E-state index contributed by atoms with van der Waals surface area (Å²) in [6, 6.07) is 8.33. The molecule has 0 saturated carbocycles. The van der Waals surface area contributed by atoms with Crippen LogP contribution in [0.4, 0.5) is 17.5 Å². The van der Waals surface area contributed by atoms with Gasteiger partial charge in [0.15, 0.2) is 17.8 Å². The van der Waals surface area contributed by atoms with Gasteiger partial charge in [-0.3, -0.25) is 5.10 Å². The summed E-state index contributed by atoms with van der Waals surface area (Å²) >= 11 is 0. The zero-order chi connectivity index (χ0) is 23.2. The van der Waals surface area contributed by atoms with Crippen molar-refractivity contribution in [3.8, 4) is 22.8 Å². The number of benzene rings is 1. The van der Waals surface area contributed by atoms with Crippen molar-refractivity contribution < 1.29 is 9.47 Å². The van der Waals surface area contributed by atoms with Crippen molar-refractivity contribution in [3.05, 3.63) is 48.1 Å². The van der Waals surface area contributed by atoms with Crippen LogP contribution in [0.5, 0.6) is 11.5 Å². The Hall–Kier alpha value is -3.64. The number of methoxy groups -OCH3 is 1. The summed E-state index contributed by atoms with van der Waals surface area (Å²) in [6.45, 7) is 14.5. The maximum Gasteiger partial charge on any atom is 0.288 e. The molecule has 0 spiro atoms. The second kappa shape index (κ2) is 10.3. The van der Waals surface area contributed by atoms with Gasteiger partial charge in [0.05, 0.1) is 25.6 Å². The van der Waals surface area contributed by atoms with Gasteiger partial charge < -0.3 is 24.5 Å². The number of hydrogen-bond acceptors (Lipinski definition) is 7. The van der Waals surface area contributed by atoms with Gasteiger partial charge in [-0.05, 0) is 57.8 Å². The van der Waals surface area contributed by atoms with E-state index in [0.717, 1.165) is 36.7 Å². The quantitative estimate of drug-likeness (QED) is 0.485. The molecule has 0 radical (unpaired) electrons. The summed E-state index contributed by atoms with van der Waals surface area (Å²) in [4.78, 5) is 13.9. The minimum absolute atomic E-state index is 0.247. The van der Waals surface area contributed by atoms with Crippen molar-refractivity contribution in [2.45, 2.75) is 32.7 Å². The number of anilines is 2. The topological polar surface area (TPSA) is 92.6 Å². The largest absolute Gasteiger partial charge is 0.496 e. The summed E-state index contributed by atoms with van der Waals surface area (Å²) in [5, 5.41) is 10.4. The molecule has 1 fully saturated rings. The Morgan fingerprint density at radius 1 is 1.18 bits per heavy atom. The normalized spacial score (nSPS) is 14.8. The number of rotatable bonds is 8. The predicted molar refractivity (Wildman–Crippen MR) is 127 cm³/mol. The molecule has 1 aliphatic heterocycles. The van der Waals surface area contributed by atoms with Crippen molar-refractivity contribution in [2.24, 2.45) is 5.92 Å². The molecule has 9 nitrogen and oxygen atoms in total. The van der Waals surface area contributed by atoms with E-state index < -0.39 is 0 Å². The molecule has 3 aromatic rings. The van der Waals surface area contributed by atoms with Crippen molar-refractivity contribution in [1.29, 1.82) is 0 Å². The Morgan fingerprint density at radius 3 is 2.67 bits per heavy atom. The fourth-order valence-electron chi connectivity index (χ4n) is 3.93. The van der Waals surface area contributed by atoms with E-state index >= 15 is 0 Å². The molecular formula is C24H29N7O2. The highest BCUT2D eigenvalue weighted by Gasteiger charge is 2.21. The molecule has 33 heavy (non-hydrogen) atoms. The highest BCUT2D eigenvalue weighted by Crippen LogP contribution is 2.34. The minimum atomic E-state index is 0.247. The minimum Gasteiger partial charge on any atom is -0.496 e. The van der Waals surface area contributed by atoms with Crippen LogP contribution >= 0.6 is 0 Å². The molecule has 0 unspecified atom stereocenters. The number of H-pyrrole nitrogens is 1. The average Bonchev–Trinajstić information content (AvgIpc) is 3.31. The van der Waals surface area contributed by atoms with E-state index in [4.69, 9.17) is 16.0 Å². The van der Waals surface area contributed by atoms with Gasteiger partial charge in [0, 0.05) is 23.7 Å². The molecule has 3 heterocycles. The number of nitrogens with one attached hydrogen (secondary N) is 2. The zero-order valence-corrected chi connectivity index (χ0v) is 19.2. The monoisotopic (exact) mass is 447 g/mol. The van der Waals surface area contributed by atoms with Crippen LogP contribution in [0.3, 0.4) is 0 Å². The van der Waals surface area contributed by atoms with Crippen LogP contribution in [0.1, 0.15) is 26.7 Å². The van der Waals surface area contributed by atoms with Gasteiger partial charge in [-0.2, -0.15) is 5.10 Å². The lowest BCUT2D eigenvalue weighted by Crippen LogP contribution is -2.39. The third-order valence-corrected chi connectivity index (χ3v) is 5.92. The first-order valence-corrected chi connectivity index (χ1v) is 11.1. The lowest BCUT2D eigenvalue weighted by Gasteiger charge is -2.34. The van der Waals surface area contributed by atoms with Crippen LogP contribution in [0.2, 0.25) is 0 Å².